The summed E-state index contributed by atoms with van der Waals surface area (Å²) < 4.78 is 11.7. The number of nitrogens with one attached hydrogen (secondary N) is 1. The quantitative estimate of drug-likeness (QED) is 0.529. The van der Waals surface area contributed by atoms with E-state index in [0.29, 0.717) is 23.7 Å². The maximum atomic E-state index is 12.3. The fourth-order valence-corrected chi connectivity index (χ4v) is 2.26. The molecule has 0 bridgehead atoms. The Morgan fingerprint density at radius 1 is 1.46 bits per heavy atom. The Kier molecular flexibility index (Phi) is 6.61. The molecule has 26 heavy (non-hydrogen) atoms. The van der Waals surface area contributed by atoms with E-state index in [2.05, 4.69) is 15.3 Å². The van der Waals surface area contributed by atoms with Crippen LogP contribution in [0.4, 0.5) is 0 Å². The number of aryl methyl sites for hydroxylation is 1. The second-order valence-corrected chi connectivity index (χ2v) is 5.46. The van der Waals surface area contributed by atoms with Gasteiger partial charge < -0.3 is 14.6 Å². The van der Waals surface area contributed by atoms with E-state index in [9.17, 15) is 9.59 Å². The number of carboxylic acids is 1. The highest BCUT2D eigenvalue weighted by Gasteiger charge is 2.09. The molecule has 0 saturated carbocycles. The Balaban J connectivity index is 2.33. The highest BCUT2D eigenvalue weighted by Crippen LogP contribution is 2.27. The van der Waals surface area contributed by atoms with Gasteiger partial charge in [0.25, 0.3) is 5.56 Å². The van der Waals surface area contributed by atoms with Crippen molar-refractivity contribution in [1.82, 2.24) is 14.9 Å². The summed E-state index contributed by atoms with van der Waals surface area (Å²) in [5.74, 6) is 0.108. The average molecular weight is 378 g/mol. The van der Waals surface area contributed by atoms with E-state index in [4.69, 9.17) is 26.8 Å². The van der Waals surface area contributed by atoms with E-state index in [1.807, 2.05) is 6.92 Å². The number of rotatable bonds is 8. The molecule has 138 valence electrons. The molecule has 2 rings (SSSR count). The molecule has 0 aliphatic rings. The summed E-state index contributed by atoms with van der Waals surface area (Å²) in [5, 5.41) is 19.1. The lowest BCUT2D eigenvalue weighted by Gasteiger charge is -2.09. The summed E-state index contributed by atoms with van der Waals surface area (Å²) in [6.45, 7) is 2.37. The van der Waals surface area contributed by atoms with Crippen LogP contribution >= 0.6 is 12.2 Å². The van der Waals surface area contributed by atoms with Gasteiger partial charge in [-0.15, -0.1) is 0 Å². The SMILES string of the molecule is CCOc1ccc(/C=N\n2c(=S)[nH]nc(CCC(=O)O)c2=O)cc1OC. The van der Waals surface area contributed by atoms with Crippen molar-refractivity contribution in [3.8, 4) is 11.5 Å². The minimum absolute atomic E-state index is 0.00299. The van der Waals surface area contributed by atoms with E-state index in [1.165, 1.54) is 13.3 Å². The molecular weight excluding hydrogens is 360 g/mol. The second-order valence-electron chi connectivity index (χ2n) is 5.07. The third-order valence-electron chi connectivity index (χ3n) is 3.30. The van der Waals surface area contributed by atoms with Gasteiger partial charge in [-0.2, -0.15) is 14.9 Å². The summed E-state index contributed by atoms with van der Waals surface area (Å²) in [6, 6.07) is 5.19. The van der Waals surface area contributed by atoms with Gasteiger partial charge in [-0.25, -0.2) is 0 Å². The third-order valence-corrected chi connectivity index (χ3v) is 3.57. The van der Waals surface area contributed by atoms with Gasteiger partial charge in [0.05, 0.1) is 26.4 Å². The molecule has 0 atom stereocenters. The van der Waals surface area contributed by atoms with Crippen LogP contribution < -0.4 is 15.0 Å². The first kappa shape index (κ1) is 19.3. The normalized spacial score (nSPS) is 10.8. The average Bonchev–Trinajstić information content (AvgIpc) is 2.62. The van der Waals surface area contributed by atoms with Crippen molar-refractivity contribution in [3.05, 3.63) is 44.6 Å². The van der Waals surface area contributed by atoms with E-state index < -0.39 is 11.5 Å². The largest absolute Gasteiger partial charge is 0.493 e. The smallest absolute Gasteiger partial charge is 0.303 e. The Labute approximate surface area is 153 Å². The maximum absolute atomic E-state index is 12.3. The number of hydrogen-bond acceptors (Lipinski definition) is 7. The van der Waals surface area contributed by atoms with Crippen LogP contribution in [-0.4, -0.2) is 45.9 Å². The zero-order chi connectivity index (χ0) is 19.1. The van der Waals surface area contributed by atoms with Gasteiger partial charge in [-0.05, 0) is 42.9 Å². The molecule has 0 radical (unpaired) electrons. The summed E-state index contributed by atoms with van der Waals surface area (Å²) in [5.41, 5.74) is 0.141. The van der Waals surface area contributed by atoms with Gasteiger partial charge in [-0.3, -0.25) is 14.7 Å². The van der Waals surface area contributed by atoms with Crippen molar-refractivity contribution < 1.29 is 19.4 Å². The Morgan fingerprint density at radius 3 is 2.88 bits per heavy atom. The molecule has 0 unspecified atom stereocenters. The lowest BCUT2D eigenvalue weighted by atomic mass is 10.2. The molecule has 1 aromatic heterocycles. The molecule has 0 spiro atoms. The number of nitrogens with zero attached hydrogens (tertiary/aromatic N) is 3. The van der Waals surface area contributed by atoms with Gasteiger partial charge in [0, 0.05) is 6.42 Å². The van der Waals surface area contributed by atoms with Crippen LogP contribution in [0.5, 0.6) is 11.5 Å². The van der Waals surface area contributed by atoms with Gasteiger partial charge in [0.2, 0.25) is 4.77 Å². The number of carboxylic acid groups (broad SMARTS) is 1. The number of H-pyrrole nitrogens is 1. The number of methoxy groups -OCH3 is 1. The minimum Gasteiger partial charge on any atom is -0.493 e. The summed E-state index contributed by atoms with van der Waals surface area (Å²) in [7, 11) is 1.52. The van der Waals surface area contributed by atoms with Crippen LogP contribution in [0.25, 0.3) is 0 Å². The van der Waals surface area contributed by atoms with E-state index in [0.717, 1.165) is 4.68 Å². The predicted molar refractivity (Wildman–Crippen MR) is 96.8 cm³/mol. The number of aliphatic carboxylic acids is 1. The first-order chi connectivity index (χ1) is 12.5. The standard InChI is InChI=1S/C16H18N4O5S/c1-3-25-12-6-4-10(8-13(12)24-2)9-17-20-15(23)11(5-7-14(21)22)18-19-16(20)26/h4,6,8-9H,3,5,7H2,1-2H3,(H,19,26)(H,21,22)/b17-9-. The van der Waals surface area contributed by atoms with Crippen LogP contribution in [0.2, 0.25) is 0 Å². The number of aromatic amines is 1. The number of ether oxygens (including phenoxy) is 2. The Bertz CT molecular complexity index is 935. The van der Waals surface area contributed by atoms with E-state index in [-0.39, 0.29) is 23.3 Å². The first-order valence-corrected chi connectivity index (χ1v) is 8.14. The highest BCUT2D eigenvalue weighted by molar-refractivity contribution is 7.71. The van der Waals surface area contributed by atoms with Gasteiger partial charge >= 0.3 is 5.97 Å². The molecule has 10 heteroatoms. The summed E-state index contributed by atoms with van der Waals surface area (Å²) in [6.07, 6.45) is 1.20. The van der Waals surface area contributed by atoms with Crippen LogP contribution in [0, 0.1) is 4.77 Å². The van der Waals surface area contributed by atoms with Crippen LogP contribution in [0.1, 0.15) is 24.6 Å². The van der Waals surface area contributed by atoms with Crippen LogP contribution in [0.15, 0.2) is 28.1 Å². The third kappa shape index (κ3) is 4.76. The number of hydrogen-bond donors (Lipinski definition) is 2. The molecule has 1 heterocycles. The van der Waals surface area contributed by atoms with Crippen molar-refractivity contribution in [2.24, 2.45) is 5.10 Å². The lowest BCUT2D eigenvalue weighted by Crippen LogP contribution is -2.25. The Hall–Kier alpha value is -3.01. The molecule has 9 nitrogen and oxygen atoms in total. The number of carbonyl (C=O) groups is 1. The molecular formula is C16H18N4O5S. The zero-order valence-corrected chi connectivity index (χ0v) is 15.1. The molecule has 1 aromatic carbocycles. The van der Waals surface area contributed by atoms with Crippen LogP contribution in [0.3, 0.4) is 0 Å². The number of benzene rings is 1. The maximum Gasteiger partial charge on any atom is 0.303 e. The van der Waals surface area contributed by atoms with Gasteiger partial charge in [0.1, 0.15) is 5.69 Å². The molecule has 2 aromatic rings. The van der Waals surface area contributed by atoms with Crippen molar-refractivity contribution in [2.75, 3.05) is 13.7 Å². The lowest BCUT2D eigenvalue weighted by molar-refractivity contribution is -0.136. The fraction of sp³-hybridized carbons (Fsp3) is 0.312. The Morgan fingerprint density at radius 2 is 2.23 bits per heavy atom. The van der Waals surface area contributed by atoms with Crippen molar-refractivity contribution in [3.63, 3.8) is 0 Å². The van der Waals surface area contributed by atoms with Crippen molar-refractivity contribution in [2.45, 2.75) is 19.8 Å². The zero-order valence-electron chi connectivity index (χ0n) is 14.3. The molecule has 0 fully saturated rings. The van der Waals surface area contributed by atoms with Crippen molar-refractivity contribution in [1.29, 1.82) is 0 Å². The summed E-state index contributed by atoms with van der Waals surface area (Å²) in [4.78, 5) is 23.0. The summed E-state index contributed by atoms with van der Waals surface area (Å²) >= 11 is 5.02. The second kappa shape index (κ2) is 8.90. The first-order valence-electron chi connectivity index (χ1n) is 7.73. The van der Waals surface area contributed by atoms with E-state index >= 15 is 0 Å². The van der Waals surface area contributed by atoms with Crippen molar-refractivity contribution >= 4 is 24.4 Å². The van der Waals surface area contributed by atoms with Crippen LogP contribution in [-0.2, 0) is 11.2 Å². The molecule has 0 saturated heterocycles. The number of aromatic nitrogens is 3. The van der Waals surface area contributed by atoms with Gasteiger partial charge in [0.15, 0.2) is 11.5 Å². The van der Waals surface area contributed by atoms with E-state index in [1.54, 1.807) is 18.2 Å². The molecule has 0 amide bonds. The minimum atomic E-state index is -1.02. The van der Waals surface area contributed by atoms with Gasteiger partial charge in [-0.1, -0.05) is 0 Å². The molecule has 0 aliphatic heterocycles. The topological polar surface area (TPSA) is 119 Å². The fourth-order valence-electron chi connectivity index (χ4n) is 2.08. The molecule has 2 N–H and O–H groups in total. The molecule has 0 aliphatic carbocycles. The predicted octanol–water partition coefficient (Wildman–Crippen LogP) is 1.61. The monoisotopic (exact) mass is 378 g/mol. The highest BCUT2D eigenvalue weighted by atomic mass is 32.1.